The molecule has 0 aliphatic carbocycles. The van der Waals surface area contributed by atoms with Gasteiger partial charge in [0.15, 0.2) is 5.78 Å². The summed E-state index contributed by atoms with van der Waals surface area (Å²) in [5.41, 5.74) is 7.17. The zero-order chi connectivity index (χ0) is 19.0. The molecule has 2 unspecified atom stereocenters. The second kappa shape index (κ2) is 9.74. The molecule has 0 fully saturated rings. The smallest absolute Gasteiger partial charge is 0.221 e. The summed E-state index contributed by atoms with van der Waals surface area (Å²) in [6.45, 7) is 5.13. The number of aliphatic hydroxyl groups excluding tert-OH is 1. The van der Waals surface area contributed by atoms with Gasteiger partial charge in [-0.05, 0) is 44.1 Å². The molecule has 0 radical (unpaired) electrons. The predicted molar refractivity (Wildman–Crippen MR) is 94.4 cm³/mol. The number of aliphatic hydroxyl groups is 1. The van der Waals surface area contributed by atoms with Gasteiger partial charge in [0.2, 0.25) is 5.91 Å². The lowest BCUT2D eigenvalue weighted by molar-refractivity contribution is -0.117. The van der Waals surface area contributed by atoms with Crippen LogP contribution >= 0.6 is 0 Å². The molecule has 1 heterocycles. The van der Waals surface area contributed by atoms with Gasteiger partial charge in [-0.1, -0.05) is 17.7 Å². The molecule has 1 rings (SSSR count). The molecule has 1 aliphatic heterocycles. The minimum Gasteiger partial charge on any atom is -0.490 e. The Balaban J connectivity index is 2.86. The van der Waals surface area contributed by atoms with E-state index < -0.39 is 18.1 Å². The van der Waals surface area contributed by atoms with E-state index in [0.29, 0.717) is 23.2 Å². The first-order valence-corrected chi connectivity index (χ1v) is 8.09. The number of rotatable bonds is 9. The highest BCUT2D eigenvalue weighted by atomic mass is 16.5. The first kappa shape index (κ1) is 20.6. The number of carbonyl (C=O) groups excluding carboxylic acids is 3. The zero-order valence-electron chi connectivity index (χ0n) is 14.8. The molecule has 1 aliphatic rings. The first-order chi connectivity index (χ1) is 11.7. The molecule has 0 bridgehead atoms. The Morgan fingerprint density at radius 3 is 2.64 bits per heavy atom. The summed E-state index contributed by atoms with van der Waals surface area (Å²) in [6, 6.07) is 0. The van der Waals surface area contributed by atoms with E-state index in [2.05, 4.69) is 0 Å². The van der Waals surface area contributed by atoms with Gasteiger partial charge in [-0.15, -0.1) is 0 Å². The highest BCUT2D eigenvalue weighted by molar-refractivity contribution is 5.95. The molecular weight excluding hydrogens is 322 g/mol. The van der Waals surface area contributed by atoms with Crippen LogP contribution in [0, 0.1) is 0 Å². The number of amides is 1. The van der Waals surface area contributed by atoms with Gasteiger partial charge in [-0.2, -0.15) is 0 Å². The van der Waals surface area contributed by atoms with Crippen LogP contribution in [0.1, 0.15) is 40.0 Å². The van der Waals surface area contributed by atoms with Gasteiger partial charge in [0.05, 0.1) is 25.4 Å². The number of Topliss-reactive ketones (excluding diaryl/α,β-unsaturated/α-hetero) is 1. The summed E-state index contributed by atoms with van der Waals surface area (Å²) in [5.74, 6) is -0.196. The Labute approximate surface area is 147 Å². The lowest BCUT2D eigenvalue weighted by Gasteiger charge is -2.22. The van der Waals surface area contributed by atoms with Crippen LogP contribution in [-0.4, -0.2) is 35.3 Å². The Morgan fingerprint density at radius 2 is 2.08 bits per heavy atom. The summed E-state index contributed by atoms with van der Waals surface area (Å²) in [6.07, 6.45) is 6.39. The Bertz CT molecular complexity index is 653. The molecule has 3 N–H and O–H groups in total. The van der Waals surface area contributed by atoms with E-state index in [1.165, 1.54) is 0 Å². The van der Waals surface area contributed by atoms with Crippen LogP contribution in [0.4, 0.5) is 0 Å². The van der Waals surface area contributed by atoms with Crippen molar-refractivity contribution in [1.82, 2.24) is 0 Å². The minimum absolute atomic E-state index is 0.0292. The Kier molecular flexibility index (Phi) is 8.01. The summed E-state index contributed by atoms with van der Waals surface area (Å²) in [7, 11) is 0. The molecule has 136 valence electrons. The summed E-state index contributed by atoms with van der Waals surface area (Å²) >= 11 is 0. The number of hydrogen-bond acceptors (Lipinski definition) is 5. The third kappa shape index (κ3) is 7.76. The van der Waals surface area contributed by atoms with E-state index in [1.54, 1.807) is 45.1 Å². The summed E-state index contributed by atoms with van der Waals surface area (Å²) < 4.78 is 5.63. The Hall–Kier alpha value is -2.47. The molecule has 25 heavy (non-hydrogen) atoms. The van der Waals surface area contributed by atoms with E-state index in [1.807, 2.05) is 0 Å². The van der Waals surface area contributed by atoms with Crippen molar-refractivity contribution >= 4 is 18.0 Å². The van der Waals surface area contributed by atoms with E-state index >= 15 is 0 Å². The first-order valence-electron chi connectivity index (χ1n) is 8.09. The number of primary amides is 1. The fraction of sp³-hybridized carbons (Fsp3) is 0.421. The van der Waals surface area contributed by atoms with Crippen molar-refractivity contribution in [3.8, 4) is 0 Å². The molecule has 6 nitrogen and oxygen atoms in total. The van der Waals surface area contributed by atoms with Crippen molar-refractivity contribution in [3.05, 3.63) is 46.8 Å². The number of carbonyl (C=O) groups is 3. The fourth-order valence-electron chi connectivity index (χ4n) is 2.55. The highest BCUT2D eigenvalue weighted by Crippen LogP contribution is 2.23. The molecule has 0 aromatic carbocycles. The quantitative estimate of drug-likeness (QED) is 0.376. The molecule has 0 saturated carbocycles. The molecule has 6 heteroatoms. The minimum atomic E-state index is -0.587. The highest BCUT2D eigenvalue weighted by Gasteiger charge is 2.20. The second-order valence-electron chi connectivity index (χ2n) is 6.13. The van der Waals surface area contributed by atoms with Gasteiger partial charge in [-0.25, -0.2) is 0 Å². The molecule has 2 atom stereocenters. The van der Waals surface area contributed by atoms with Gasteiger partial charge in [0.1, 0.15) is 18.1 Å². The topological polar surface area (TPSA) is 107 Å². The fourth-order valence-corrected chi connectivity index (χ4v) is 2.55. The summed E-state index contributed by atoms with van der Waals surface area (Å²) in [5, 5.41) is 9.33. The van der Waals surface area contributed by atoms with E-state index in [9.17, 15) is 19.5 Å². The average Bonchev–Trinajstić information content (AvgIpc) is 2.45. The molecular formula is C19H25NO5. The van der Waals surface area contributed by atoms with Gasteiger partial charge in [0.25, 0.3) is 0 Å². The van der Waals surface area contributed by atoms with Crippen LogP contribution in [0.3, 0.4) is 0 Å². The molecule has 0 spiro atoms. The summed E-state index contributed by atoms with van der Waals surface area (Å²) in [4.78, 5) is 34.2. The van der Waals surface area contributed by atoms with Gasteiger partial charge in [0, 0.05) is 0 Å². The second-order valence-corrected chi connectivity index (χ2v) is 6.13. The van der Waals surface area contributed by atoms with Crippen LogP contribution < -0.4 is 5.73 Å². The largest absolute Gasteiger partial charge is 0.490 e. The predicted octanol–water partition coefficient (Wildman–Crippen LogP) is 1.89. The van der Waals surface area contributed by atoms with Crippen LogP contribution in [0.15, 0.2) is 46.8 Å². The van der Waals surface area contributed by atoms with Crippen molar-refractivity contribution < 1.29 is 24.2 Å². The number of nitrogens with two attached hydrogens (primary N) is 1. The lowest BCUT2D eigenvalue weighted by Crippen LogP contribution is -2.21. The third-order valence-electron chi connectivity index (χ3n) is 3.49. The monoisotopic (exact) mass is 347 g/mol. The van der Waals surface area contributed by atoms with Crippen molar-refractivity contribution in [2.45, 2.75) is 52.2 Å². The number of allylic oxidation sites excluding steroid dienone is 5. The van der Waals surface area contributed by atoms with Gasteiger partial charge in [-0.3, -0.25) is 9.59 Å². The normalized spacial score (nSPS) is 19.4. The van der Waals surface area contributed by atoms with Crippen LogP contribution in [0.25, 0.3) is 0 Å². The van der Waals surface area contributed by atoms with Crippen molar-refractivity contribution in [2.75, 3.05) is 0 Å². The SMILES string of the molecule is CC(=C\C(C)O)/C=C(\C)C(=O)CC1C=C(CC(N)=O)C=C(CC=O)O1. The zero-order valence-corrected chi connectivity index (χ0v) is 14.8. The van der Waals surface area contributed by atoms with Crippen molar-refractivity contribution in [2.24, 2.45) is 5.73 Å². The Morgan fingerprint density at radius 1 is 1.40 bits per heavy atom. The van der Waals surface area contributed by atoms with Crippen molar-refractivity contribution in [3.63, 3.8) is 0 Å². The van der Waals surface area contributed by atoms with Crippen LogP contribution in [0.5, 0.6) is 0 Å². The van der Waals surface area contributed by atoms with Gasteiger partial charge < -0.3 is 20.4 Å². The average molecular weight is 347 g/mol. The standard InChI is InChI=1S/C19H25NO5/c1-12(7-14(3)22)6-13(2)18(23)11-17-9-15(10-19(20)24)8-16(25-17)4-5-21/h5-9,14,17,22H,4,10-11H2,1-3H3,(H2,20,24)/b12-7+,13-6+. The molecule has 0 aromatic heterocycles. The number of ketones is 1. The van der Waals surface area contributed by atoms with E-state index in [-0.39, 0.29) is 25.0 Å². The molecule has 0 aromatic rings. The maximum atomic E-state index is 12.4. The maximum absolute atomic E-state index is 12.4. The number of ether oxygens (including phenoxy) is 1. The van der Waals surface area contributed by atoms with Crippen LogP contribution in [0.2, 0.25) is 0 Å². The van der Waals surface area contributed by atoms with Crippen LogP contribution in [-0.2, 0) is 19.1 Å². The number of hydrogen-bond donors (Lipinski definition) is 2. The third-order valence-corrected chi connectivity index (χ3v) is 3.49. The maximum Gasteiger partial charge on any atom is 0.221 e. The number of aldehydes is 1. The lowest BCUT2D eigenvalue weighted by atomic mass is 9.99. The van der Waals surface area contributed by atoms with E-state index in [0.717, 1.165) is 5.57 Å². The molecule has 0 saturated heterocycles. The van der Waals surface area contributed by atoms with E-state index in [4.69, 9.17) is 10.5 Å². The molecule has 1 amide bonds. The van der Waals surface area contributed by atoms with Gasteiger partial charge >= 0.3 is 0 Å². The van der Waals surface area contributed by atoms with Crippen molar-refractivity contribution in [1.29, 1.82) is 0 Å².